The molecule has 0 bridgehead atoms. The van der Waals surface area contributed by atoms with E-state index in [1.807, 2.05) is 57.2 Å². The van der Waals surface area contributed by atoms with Crippen LogP contribution in [0.4, 0.5) is 14.9 Å². The summed E-state index contributed by atoms with van der Waals surface area (Å²) in [5, 5.41) is 7.74. The summed E-state index contributed by atoms with van der Waals surface area (Å²) >= 11 is 6.35. The van der Waals surface area contributed by atoms with Crippen molar-refractivity contribution in [2.45, 2.75) is 26.8 Å². The standard InChI is InChI=1S/C27H22ClFN4O2/c1-15-5-4-6-19(13-15)25-31-26(35-32-25)23-17(3)33(21-12-7-16(2)22(28)14-21)27(34)30-24(23)18-8-10-20(29)11-9-18/h4-14,24H,1-3H3,(H,30,34). The Labute approximate surface area is 207 Å². The maximum atomic E-state index is 13.6. The Morgan fingerprint density at radius 1 is 1.03 bits per heavy atom. The minimum absolute atomic E-state index is 0.261. The number of urea groups is 1. The Kier molecular flexibility index (Phi) is 5.86. The van der Waals surface area contributed by atoms with Crippen LogP contribution in [0.1, 0.15) is 35.5 Å². The van der Waals surface area contributed by atoms with Crippen molar-refractivity contribution in [3.63, 3.8) is 0 Å². The third kappa shape index (κ3) is 4.31. The fourth-order valence-electron chi connectivity index (χ4n) is 4.19. The predicted octanol–water partition coefficient (Wildman–Crippen LogP) is 6.85. The third-order valence-electron chi connectivity index (χ3n) is 6.03. The topological polar surface area (TPSA) is 71.3 Å². The zero-order valence-electron chi connectivity index (χ0n) is 19.3. The second-order valence-electron chi connectivity index (χ2n) is 8.49. The number of amides is 2. The molecule has 6 nitrogen and oxygen atoms in total. The normalized spacial score (nSPS) is 16.0. The summed E-state index contributed by atoms with van der Waals surface area (Å²) in [6.45, 7) is 5.70. The Bertz CT molecular complexity index is 1460. The minimum atomic E-state index is -0.619. The van der Waals surface area contributed by atoms with Crippen LogP contribution in [-0.4, -0.2) is 16.2 Å². The van der Waals surface area contributed by atoms with Crippen LogP contribution in [0, 0.1) is 19.7 Å². The minimum Gasteiger partial charge on any atom is -0.334 e. The van der Waals surface area contributed by atoms with Gasteiger partial charge in [0.1, 0.15) is 5.82 Å². The lowest BCUT2D eigenvalue weighted by Crippen LogP contribution is -2.46. The van der Waals surface area contributed by atoms with Crippen LogP contribution in [0.5, 0.6) is 0 Å². The van der Waals surface area contributed by atoms with E-state index in [0.29, 0.717) is 33.4 Å². The first kappa shape index (κ1) is 22.8. The largest absolute Gasteiger partial charge is 0.334 e. The molecule has 0 fully saturated rings. The van der Waals surface area contributed by atoms with E-state index >= 15 is 0 Å². The van der Waals surface area contributed by atoms with Gasteiger partial charge in [-0.15, -0.1) is 0 Å². The number of aromatic nitrogens is 2. The molecule has 0 aliphatic carbocycles. The smallest absolute Gasteiger partial charge is 0.326 e. The summed E-state index contributed by atoms with van der Waals surface area (Å²) < 4.78 is 19.4. The van der Waals surface area contributed by atoms with E-state index in [1.54, 1.807) is 18.2 Å². The van der Waals surface area contributed by atoms with Crippen molar-refractivity contribution in [2.24, 2.45) is 0 Å². The molecule has 0 saturated carbocycles. The van der Waals surface area contributed by atoms with Crippen LogP contribution in [0.15, 0.2) is 77.0 Å². The average Bonchev–Trinajstić information content (AvgIpc) is 3.31. The highest BCUT2D eigenvalue weighted by Crippen LogP contribution is 2.39. The number of anilines is 1. The van der Waals surface area contributed by atoms with Gasteiger partial charge in [0.25, 0.3) is 5.89 Å². The maximum Gasteiger partial charge on any atom is 0.326 e. The van der Waals surface area contributed by atoms with Crippen molar-refractivity contribution in [3.05, 3.63) is 106 Å². The van der Waals surface area contributed by atoms with Crippen LogP contribution in [0.3, 0.4) is 0 Å². The molecule has 8 heteroatoms. The van der Waals surface area contributed by atoms with E-state index in [1.165, 1.54) is 17.0 Å². The molecule has 3 aromatic carbocycles. The monoisotopic (exact) mass is 488 g/mol. The van der Waals surface area contributed by atoms with E-state index in [4.69, 9.17) is 16.1 Å². The number of aryl methyl sites for hydroxylation is 2. The molecule has 1 unspecified atom stereocenters. The molecule has 1 aromatic heterocycles. The first-order chi connectivity index (χ1) is 16.8. The lowest BCUT2D eigenvalue weighted by molar-refractivity contribution is 0.244. The zero-order chi connectivity index (χ0) is 24.7. The highest BCUT2D eigenvalue weighted by molar-refractivity contribution is 6.31. The van der Waals surface area contributed by atoms with Gasteiger partial charge < -0.3 is 9.84 Å². The second-order valence-corrected chi connectivity index (χ2v) is 8.90. The van der Waals surface area contributed by atoms with Gasteiger partial charge in [-0.25, -0.2) is 9.18 Å². The number of nitrogens with zero attached hydrogens (tertiary/aromatic N) is 3. The summed E-state index contributed by atoms with van der Waals surface area (Å²) in [7, 11) is 0. The first-order valence-corrected chi connectivity index (χ1v) is 11.4. The molecule has 4 aromatic rings. The molecule has 0 spiro atoms. The lowest BCUT2D eigenvalue weighted by Gasteiger charge is -2.35. The molecule has 1 atom stereocenters. The van der Waals surface area contributed by atoms with Gasteiger partial charge in [-0.05, 0) is 62.2 Å². The summed E-state index contributed by atoms with van der Waals surface area (Å²) in [6.07, 6.45) is 0. The number of benzene rings is 3. The molecule has 0 saturated heterocycles. The molecule has 5 rings (SSSR count). The number of nitrogens with one attached hydrogen (secondary N) is 1. The Hall–Kier alpha value is -3.97. The quantitative estimate of drug-likeness (QED) is 0.341. The third-order valence-corrected chi connectivity index (χ3v) is 6.44. The highest BCUT2D eigenvalue weighted by atomic mass is 35.5. The van der Waals surface area contributed by atoms with Gasteiger partial charge in [0.05, 0.1) is 17.3 Å². The van der Waals surface area contributed by atoms with Crippen molar-refractivity contribution >= 4 is 28.9 Å². The van der Waals surface area contributed by atoms with Gasteiger partial charge in [0.2, 0.25) is 5.82 Å². The fraction of sp³-hybridized carbons (Fsp3) is 0.148. The Morgan fingerprint density at radius 2 is 1.80 bits per heavy atom. The number of carbonyl (C=O) groups excluding carboxylic acids is 1. The van der Waals surface area contributed by atoms with Crippen LogP contribution in [0.2, 0.25) is 5.02 Å². The highest BCUT2D eigenvalue weighted by Gasteiger charge is 2.36. The lowest BCUT2D eigenvalue weighted by atomic mass is 9.94. The van der Waals surface area contributed by atoms with Gasteiger partial charge in [-0.1, -0.05) is 58.7 Å². The van der Waals surface area contributed by atoms with E-state index in [2.05, 4.69) is 15.5 Å². The molecule has 1 aliphatic rings. The van der Waals surface area contributed by atoms with Crippen molar-refractivity contribution < 1.29 is 13.7 Å². The zero-order valence-corrected chi connectivity index (χ0v) is 20.1. The van der Waals surface area contributed by atoms with Gasteiger partial charge in [-0.2, -0.15) is 4.98 Å². The summed E-state index contributed by atoms with van der Waals surface area (Å²) in [4.78, 5) is 19.5. The molecule has 2 amide bonds. The number of hydrogen-bond acceptors (Lipinski definition) is 4. The number of allylic oxidation sites excluding steroid dienone is 1. The molecule has 1 aliphatic heterocycles. The maximum absolute atomic E-state index is 13.6. The van der Waals surface area contributed by atoms with Crippen LogP contribution in [0.25, 0.3) is 17.0 Å². The molecule has 0 radical (unpaired) electrons. The predicted molar refractivity (Wildman–Crippen MR) is 133 cm³/mol. The van der Waals surface area contributed by atoms with E-state index in [0.717, 1.165) is 16.7 Å². The molecular formula is C27H22ClFN4O2. The van der Waals surface area contributed by atoms with Gasteiger partial charge >= 0.3 is 6.03 Å². The molecular weight excluding hydrogens is 467 g/mol. The van der Waals surface area contributed by atoms with Crippen LogP contribution < -0.4 is 10.2 Å². The van der Waals surface area contributed by atoms with E-state index in [9.17, 15) is 9.18 Å². The number of rotatable bonds is 4. The molecule has 2 heterocycles. The Morgan fingerprint density at radius 3 is 2.51 bits per heavy atom. The number of halogens is 2. The molecule has 1 N–H and O–H groups in total. The Balaban J connectivity index is 1.66. The molecule has 176 valence electrons. The molecule has 35 heavy (non-hydrogen) atoms. The fourth-order valence-corrected chi connectivity index (χ4v) is 4.37. The van der Waals surface area contributed by atoms with Gasteiger partial charge in [-0.3, -0.25) is 4.90 Å². The van der Waals surface area contributed by atoms with E-state index in [-0.39, 0.29) is 17.7 Å². The van der Waals surface area contributed by atoms with Crippen molar-refractivity contribution in [1.82, 2.24) is 15.5 Å². The number of hydrogen-bond donors (Lipinski definition) is 1. The summed E-state index contributed by atoms with van der Waals surface area (Å²) in [5.74, 6) is 0.328. The summed E-state index contributed by atoms with van der Waals surface area (Å²) in [5.41, 5.74) is 5.29. The van der Waals surface area contributed by atoms with Crippen LogP contribution in [-0.2, 0) is 0 Å². The van der Waals surface area contributed by atoms with Gasteiger partial charge in [0, 0.05) is 16.3 Å². The number of carbonyl (C=O) groups is 1. The van der Waals surface area contributed by atoms with Crippen molar-refractivity contribution in [2.75, 3.05) is 4.90 Å². The SMILES string of the molecule is CC1=C(c2nc(-c3cccc(C)c3)no2)C(c2ccc(F)cc2)NC(=O)N1c1ccc(C)c(Cl)c1. The van der Waals surface area contributed by atoms with Crippen molar-refractivity contribution in [1.29, 1.82) is 0 Å². The van der Waals surface area contributed by atoms with Crippen LogP contribution >= 0.6 is 11.6 Å². The summed E-state index contributed by atoms with van der Waals surface area (Å²) in [6, 6.07) is 18.2. The first-order valence-electron chi connectivity index (χ1n) is 11.1. The van der Waals surface area contributed by atoms with Crippen molar-refractivity contribution in [3.8, 4) is 11.4 Å². The second kappa shape index (κ2) is 9.00. The van der Waals surface area contributed by atoms with Gasteiger partial charge in [0.15, 0.2) is 0 Å². The average molecular weight is 489 g/mol. The van der Waals surface area contributed by atoms with E-state index < -0.39 is 6.04 Å².